The van der Waals surface area contributed by atoms with E-state index in [0.717, 1.165) is 53.6 Å². The van der Waals surface area contributed by atoms with E-state index in [1.54, 1.807) is 19.1 Å². The number of halogens is 2. The van der Waals surface area contributed by atoms with E-state index in [1.165, 1.54) is 28.7 Å². The molecule has 1 aliphatic heterocycles. The van der Waals surface area contributed by atoms with Gasteiger partial charge < -0.3 is 9.84 Å². The fourth-order valence-electron chi connectivity index (χ4n) is 4.40. The molecule has 0 aromatic heterocycles. The molecular formula is C29H29FINO3. The molecule has 1 aliphatic rings. The maximum atomic E-state index is 13.4. The molecule has 0 spiro atoms. The SMILES string of the molecule is C/C(C(=O)c1ccc(F)cc1)=C(/c1ccc(OCCN2CC(CI)C2)cc1)c1ccc(O)cc1C. The Bertz CT molecular complexity index is 1220. The maximum absolute atomic E-state index is 13.4. The highest BCUT2D eigenvalue weighted by molar-refractivity contribution is 14.1. The van der Waals surface area contributed by atoms with Crippen LogP contribution in [0.2, 0.25) is 0 Å². The largest absolute Gasteiger partial charge is 0.508 e. The summed E-state index contributed by atoms with van der Waals surface area (Å²) >= 11 is 2.44. The molecule has 0 unspecified atom stereocenters. The van der Waals surface area contributed by atoms with Crippen LogP contribution < -0.4 is 4.74 Å². The summed E-state index contributed by atoms with van der Waals surface area (Å²) < 4.78 is 20.6. The molecule has 35 heavy (non-hydrogen) atoms. The molecule has 1 fully saturated rings. The summed E-state index contributed by atoms with van der Waals surface area (Å²) in [6.07, 6.45) is 0. The van der Waals surface area contributed by atoms with E-state index in [2.05, 4.69) is 27.5 Å². The Hall–Kier alpha value is -2.71. The van der Waals surface area contributed by atoms with Crippen molar-refractivity contribution in [2.45, 2.75) is 13.8 Å². The second-order valence-electron chi connectivity index (χ2n) is 8.99. The zero-order valence-electron chi connectivity index (χ0n) is 19.9. The Kier molecular flexibility index (Phi) is 8.23. The molecule has 1 heterocycles. The zero-order valence-corrected chi connectivity index (χ0v) is 22.1. The molecule has 182 valence electrons. The number of alkyl halides is 1. The van der Waals surface area contributed by atoms with E-state index in [-0.39, 0.29) is 17.3 Å². The molecule has 6 heteroatoms. The van der Waals surface area contributed by atoms with Crippen molar-refractivity contribution in [3.63, 3.8) is 0 Å². The molecule has 1 N–H and O–H groups in total. The van der Waals surface area contributed by atoms with Crippen molar-refractivity contribution < 1.29 is 19.0 Å². The minimum absolute atomic E-state index is 0.170. The number of allylic oxidation sites excluding steroid dienone is 1. The minimum atomic E-state index is -0.382. The Morgan fingerprint density at radius 1 is 1.06 bits per heavy atom. The van der Waals surface area contributed by atoms with Crippen LogP contribution in [0.3, 0.4) is 0 Å². The van der Waals surface area contributed by atoms with Crippen LogP contribution in [0.25, 0.3) is 5.57 Å². The summed E-state index contributed by atoms with van der Waals surface area (Å²) in [6, 6.07) is 18.5. The van der Waals surface area contributed by atoms with E-state index in [1.807, 2.05) is 37.3 Å². The molecule has 0 atom stereocenters. The van der Waals surface area contributed by atoms with Crippen LogP contribution in [-0.2, 0) is 0 Å². The van der Waals surface area contributed by atoms with Crippen LogP contribution >= 0.6 is 22.6 Å². The molecule has 4 rings (SSSR count). The predicted molar refractivity (Wildman–Crippen MR) is 146 cm³/mol. The number of carbonyl (C=O) groups excluding carboxylic acids is 1. The van der Waals surface area contributed by atoms with Crippen molar-refractivity contribution in [3.8, 4) is 11.5 Å². The van der Waals surface area contributed by atoms with Crippen molar-refractivity contribution >= 4 is 33.9 Å². The molecule has 3 aromatic rings. The van der Waals surface area contributed by atoms with Gasteiger partial charge in [0.1, 0.15) is 23.9 Å². The van der Waals surface area contributed by atoms with Gasteiger partial charge in [-0.15, -0.1) is 0 Å². The van der Waals surface area contributed by atoms with Crippen molar-refractivity contribution in [1.82, 2.24) is 4.90 Å². The van der Waals surface area contributed by atoms with Crippen molar-refractivity contribution in [3.05, 3.63) is 100 Å². The highest BCUT2D eigenvalue weighted by Crippen LogP contribution is 2.33. The fraction of sp³-hybridized carbons (Fsp3) is 0.276. The molecule has 0 bridgehead atoms. The molecule has 0 saturated carbocycles. The molecule has 1 saturated heterocycles. The summed E-state index contributed by atoms with van der Waals surface area (Å²) in [7, 11) is 0. The monoisotopic (exact) mass is 585 g/mol. The normalized spacial score (nSPS) is 14.9. The van der Waals surface area contributed by atoms with Crippen LogP contribution in [0.5, 0.6) is 11.5 Å². The number of hydrogen-bond donors (Lipinski definition) is 1. The van der Waals surface area contributed by atoms with Crippen molar-refractivity contribution in [2.24, 2.45) is 5.92 Å². The third-order valence-corrected chi connectivity index (χ3v) is 7.62. The van der Waals surface area contributed by atoms with E-state index >= 15 is 0 Å². The first-order valence-electron chi connectivity index (χ1n) is 11.7. The van der Waals surface area contributed by atoms with Crippen LogP contribution in [-0.4, -0.2) is 46.5 Å². The molecule has 4 nitrogen and oxygen atoms in total. The first-order chi connectivity index (χ1) is 16.9. The second kappa shape index (κ2) is 11.4. The van der Waals surface area contributed by atoms with Gasteiger partial charge in [0, 0.05) is 35.2 Å². The quantitative estimate of drug-likeness (QED) is 0.139. The van der Waals surface area contributed by atoms with Gasteiger partial charge >= 0.3 is 0 Å². The highest BCUT2D eigenvalue weighted by Gasteiger charge is 2.25. The smallest absolute Gasteiger partial charge is 0.189 e. The van der Waals surface area contributed by atoms with Gasteiger partial charge in [-0.05, 0) is 90.6 Å². The topological polar surface area (TPSA) is 49.8 Å². The Balaban J connectivity index is 1.59. The minimum Gasteiger partial charge on any atom is -0.508 e. The maximum Gasteiger partial charge on any atom is 0.189 e. The number of hydrogen-bond acceptors (Lipinski definition) is 4. The molecule has 0 radical (unpaired) electrons. The Morgan fingerprint density at radius 2 is 1.71 bits per heavy atom. The van der Waals surface area contributed by atoms with Gasteiger partial charge in [0.25, 0.3) is 0 Å². The lowest BCUT2D eigenvalue weighted by Gasteiger charge is -2.38. The van der Waals surface area contributed by atoms with Crippen LogP contribution in [0, 0.1) is 18.7 Å². The lowest BCUT2D eigenvalue weighted by Crippen LogP contribution is -2.48. The van der Waals surface area contributed by atoms with Gasteiger partial charge in [0.2, 0.25) is 0 Å². The number of aromatic hydroxyl groups is 1. The van der Waals surface area contributed by atoms with E-state index in [9.17, 15) is 14.3 Å². The van der Waals surface area contributed by atoms with Crippen molar-refractivity contribution in [2.75, 3.05) is 30.7 Å². The molecule has 0 amide bonds. The average Bonchev–Trinajstić information content (AvgIpc) is 2.83. The number of carbonyl (C=O) groups is 1. The van der Waals surface area contributed by atoms with Gasteiger partial charge in [-0.2, -0.15) is 0 Å². The number of aryl methyl sites for hydroxylation is 1. The first-order valence-corrected chi connectivity index (χ1v) is 13.2. The first kappa shape index (κ1) is 25.4. The summed E-state index contributed by atoms with van der Waals surface area (Å²) in [5, 5.41) is 9.91. The van der Waals surface area contributed by atoms with Gasteiger partial charge in [-0.1, -0.05) is 40.8 Å². The summed E-state index contributed by atoms with van der Waals surface area (Å²) in [6.45, 7) is 7.53. The van der Waals surface area contributed by atoms with Crippen LogP contribution in [0.4, 0.5) is 4.39 Å². The fourth-order valence-corrected chi connectivity index (χ4v) is 4.96. The number of benzene rings is 3. The standard InChI is InChI=1S/C29H29FINO3/c1-19-15-25(33)9-12-27(19)28(20(2)29(34)23-3-7-24(30)8-4-23)22-5-10-26(11-6-22)35-14-13-32-17-21(16-31)18-32/h3-12,15,21,33H,13-14,16-18H2,1-2H3/b28-20+. The highest BCUT2D eigenvalue weighted by atomic mass is 127. The third-order valence-electron chi connectivity index (χ3n) is 6.37. The number of ether oxygens (including phenoxy) is 1. The van der Waals surface area contributed by atoms with E-state index < -0.39 is 0 Å². The lowest BCUT2D eigenvalue weighted by atomic mass is 9.88. The van der Waals surface area contributed by atoms with E-state index in [4.69, 9.17) is 4.74 Å². The Labute approximate surface area is 219 Å². The molecule has 0 aliphatic carbocycles. The number of ketones is 1. The number of phenolic OH excluding ortho intramolecular Hbond substituents is 1. The van der Waals surface area contributed by atoms with Gasteiger partial charge in [0.15, 0.2) is 5.78 Å². The van der Waals surface area contributed by atoms with Crippen molar-refractivity contribution in [1.29, 1.82) is 0 Å². The second-order valence-corrected chi connectivity index (χ2v) is 9.87. The number of nitrogens with zero attached hydrogens (tertiary/aromatic N) is 1. The average molecular weight is 585 g/mol. The summed E-state index contributed by atoms with van der Waals surface area (Å²) in [5.74, 6) is 1.21. The van der Waals surface area contributed by atoms with Gasteiger partial charge in [0.05, 0.1) is 0 Å². The summed E-state index contributed by atoms with van der Waals surface area (Å²) in [5.41, 5.74) is 4.31. The lowest BCUT2D eigenvalue weighted by molar-refractivity contribution is 0.0972. The van der Waals surface area contributed by atoms with Crippen LogP contribution in [0.1, 0.15) is 34.0 Å². The zero-order chi connectivity index (χ0) is 24.9. The van der Waals surface area contributed by atoms with Gasteiger partial charge in [-0.3, -0.25) is 9.69 Å². The molecular weight excluding hydrogens is 556 g/mol. The number of rotatable bonds is 9. The number of phenols is 1. The number of Topliss-reactive ketones (excluding diaryl/α,β-unsaturated/α-hetero) is 1. The summed E-state index contributed by atoms with van der Waals surface area (Å²) in [4.78, 5) is 15.7. The number of likely N-dealkylation sites (tertiary alicyclic amines) is 1. The van der Waals surface area contributed by atoms with E-state index in [0.29, 0.717) is 17.7 Å². The Morgan fingerprint density at radius 3 is 2.34 bits per heavy atom. The van der Waals surface area contributed by atoms with Gasteiger partial charge in [-0.25, -0.2) is 4.39 Å². The predicted octanol–water partition coefficient (Wildman–Crippen LogP) is 6.29. The third kappa shape index (κ3) is 6.11. The molecule has 3 aromatic carbocycles. The van der Waals surface area contributed by atoms with Crippen LogP contribution in [0.15, 0.2) is 72.3 Å².